The number of amides is 1. The van der Waals surface area contributed by atoms with Gasteiger partial charge in [-0.1, -0.05) is 62.7 Å². The zero-order chi connectivity index (χ0) is 39.3. The Bertz CT molecular complexity index is 2240. The van der Waals surface area contributed by atoms with Crippen LogP contribution in [0.15, 0.2) is 54.6 Å². The van der Waals surface area contributed by atoms with Crippen molar-refractivity contribution in [2.24, 2.45) is 0 Å². The van der Waals surface area contributed by atoms with Gasteiger partial charge in [0.05, 0.1) is 23.9 Å². The van der Waals surface area contributed by atoms with E-state index >= 15 is 17.6 Å². The van der Waals surface area contributed by atoms with Gasteiger partial charge in [0.2, 0.25) is 15.9 Å². The summed E-state index contributed by atoms with van der Waals surface area (Å²) in [4.78, 5) is 27.1. The number of nitrogens with one attached hydrogen (secondary N) is 1. The third-order valence-corrected chi connectivity index (χ3v) is 11.1. The zero-order valence-corrected chi connectivity index (χ0v) is 31.6. The number of aromatic carboxylic acids is 1. The van der Waals surface area contributed by atoms with Crippen molar-refractivity contribution in [3.05, 3.63) is 122 Å². The lowest BCUT2D eigenvalue weighted by molar-refractivity contribution is -0.116. The quantitative estimate of drug-likeness (QED) is 0.103. The van der Waals surface area contributed by atoms with Crippen molar-refractivity contribution < 1.29 is 45.4 Å². The van der Waals surface area contributed by atoms with E-state index in [0.29, 0.717) is 29.9 Å². The zero-order valence-electron chi connectivity index (χ0n) is 30.0. The first kappa shape index (κ1) is 39.1. The maximum atomic E-state index is 15.4. The molecule has 8 nitrogen and oxygen atoms in total. The van der Waals surface area contributed by atoms with Crippen molar-refractivity contribution in [3.8, 4) is 5.75 Å². The van der Waals surface area contributed by atoms with Crippen LogP contribution in [-0.2, 0) is 33.2 Å². The number of ether oxygens (including phenoxy) is 1. The van der Waals surface area contributed by atoms with Crippen LogP contribution in [-0.4, -0.2) is 37.3 Å². The minimum atomic E-state index is -5.04. The van der Waals surface area contributed by atoms with E-state index < -0.39 is 68.6 Å². The van der Waals surface area contributed by atoms with E-state index in [1.165, 1.54) is 36.4 Å². The molecule has 0 spiro atoms. The predicted molar refractivity (Wildman–Crippen MR) is 198 cm³/mol. The average Bonchev–Trinajstić information content (AvgIpc) is 4.04. The molecule has 0 saturated heterocycles. The third kappa shape index (κ3) is 8.68. The van der Waals surface area contributed by atoms with E-state index in [2.05, 4.69) is 6.07 Å². The lowest BCUT2D eigenvalue weighted by Gasteiger charge is -2.27. The fourth-order valence-electron chi connectivity index (χ4n) is 6.10. The first-order valence-corrected chi connectivity index (χ1v) is 19.4. The summed E-state index contributed by atoms with van der Waals surface area (Å²) >= 11 is 6.09. The van der Waals surface area contributed by atoms with Gasteiger partial charge >= 0.3 is 5.97 Å². The molecule has 0 bridgehead atoms. The van der Waals surface area contributed by atoms with Gasteiger partial charge in [0.25, 0.3) is 0 Å². The fraction of sp³-hybridized carbons (Fsp3) is 0.350. The molecule has 54 heavy (non-hydrogen) atoms. The summed E-state index contributed by atoms with van der Waals surface area (Å²) in [5.41, 5.74) is 0.453. The molecule has 2 saturated carbocycles. The second-order valence-electron chi connectivity index (χ2n) is 14.9. The number of rotatable bonds is 13. The van der Waals surface area contributed by atoms with Gasteiger partial charge in [0.1, 0.15) is 17.2 Å². The summed E-state index contributed by atoms with van der Waals surface area (Å²) in [6, 6.07) is 14.3. The smallest absolute Gasteiger partial charge is 0.335 e. The lowest BCUT2D eigenvalue weighted by atomic mass is 9.84. The average molecular weight is 787 g/mol. The second kappa shape index (κ2) is 14.9. The van der Waals surface area contributed by atoms with Crippen molar-refractivity contribution in [2.75, 3.05) is 15.4 Å². The number of carbonyl (C=O) groups is 2. The predicted octanol–water partition coefficient (Wildman–Crippen LogP) is 9.19. The van der Waals surface area contributed by atoms with Crippen LogP contribution in [0.5, 0.6) is 5.75 Å². The SMILES string of the molecule is Cc1c(Cl)cccc1Cc1c(F)c(F)c(NS(=O)(=O)CC(=O)N(Cc2cc(C3CC3)cc(C(C)(C)C)c2)c2ccc(C(=O)O)cc2OC2CC2)c(F)c1F. The maximum Gasteiger partial charge on any atom is 0.335 e. The van der Waals surface area contributed by atoms with E-state index in [0.717, 1.165) is 28.9 Å². The third-order valence-electron chi connectivity index (χ3n) is 9.56. The Morgan fingerprint density at radius 1 is 0.944 bits per heavy atom. The van der Waals surface area contributed by atoms with Crippen LogP contribution >= 0.6 is 11.6 Å². The molecule has 2 N–H and O–H groups in total. The van der Waals surface area contributed by atoms with E-state index in [-0.39, 0.29) is 45.7 Å². The number of benzene rings is 4. The number of anilines is 2. The first-order chi connectivity index (χ1) is 25.3. The van der Waals surface area contributed by atoms with Crippen LogP contribution < -0.4 is 14.4 Å². The number of hydrogen-bond acceptors (Lipinski definition) is 5. The Labute approximate surface area is 316 Å². The highest BCUT2D eigenvalue weighted by Gasteiger charge is 2.33. The van der Waals surface area contributed by atoms with E-state index in [1.807, 2.05) is 32.9 Å². The molecule has 2 aliphatic rings. The molecule has 14 heteroatoms. The molecule has 0 atom stereocenters. The number of carboxylic acid groups (broad SMARTS) is 1. The molecule has 2 aliphatic carbocycles. The van der Waals surface area contributed by atoms with Crippen molar-refractivity contribution in [3.63, 3.8) is 0 Å². The Hall–Kier alpha value is -4.62. The van der Waals surface area contributed by atoms with Gasteiger partial charge in [-0.05, 0) is 96.0 Å². The molecule has 4 aromatic carbocycles. The fourth-order valence-corrected chi connectivity index (χ4v) is 7.34. The topological polar surface area (TPSA) is 113 Å². The molecule has 1 amide bonds. The monoisotopic (exact) mass is 786 g/mol. The van der Waals surface area contributed by atoms with Crippen LogP contribution in [0.4, 0.5) is 28.9 Å². The minimum absolute atomic E-state index is 0.0252. The van der Waals surface area contributed by atoms with Crippen molar-refractivity contribution in [2.45, 2.75) is 83.8 Å². The summed E-state index contributed by atoms with van der Waals surface area (Å²) in [6.45, 7) is 7.48. The summed E-state index contributed by atoms with van der Waals surface area (Å²) in [7, 11) is -5.04. The molecular formula is C40H39ClF4N2O6S. The van der Waals surface area contributed by atoms with Crippen LogP contribution in [0.2, 0.25) is 5.02 Å². The van der Waals surface area contributed by atoms with Gasteiger partial charge in [-0.15, -0.1) is 0 Å². The Balaban J connectivity index is 1.35. The molecule has 4 aromatic rings. The summed E-state index contributed by atoms with van der Waals surface area (Å²) in [5, 5.41) is 9.95. The van der Waals surface area contributed by atoms with Crippen LogP contribution in [0, 0.1) is 30.2 Å². The van der Waals surface area contributed by atoms with Gasteiger partial charge in [0.15, 0.2) is 23.3 Å². The molecule has 0 heterocycles. The van der Waals surface area contributed by atoms with Crippen molar-refractivity contribution in [1.82, 2.24) is 0 Å². The van der Waals surface area contributed by atoms with E-state index in [4.69, 9.17) is 16.3 Å². The number of halogens is 5. The normalized spacial score (nSPS) is 14.5. The largest absolute Gasteiger partial charge is 0.488 e. The standard InChI is InChI=1S/C40H39ClF4N2O6S/c1-21-24(6-5-7-30(21)41)17-29-34(42)36(44)38(37(45)35(29)43)46-54(51,52)20-33(48)47(31-13-10-25(39(49)50)18-32(31)53-28-11-12-28)19-22-14-26(23-8-9-23)16-27(15-22)40(2,3)4/h5-7,10,13-16,18,23,28,46H,8-9,11-12,17,19-20H2,1-4H3,(H,49,50). The molecule has 286 valence electrons. The van der Waals surface area contributed by atoms with E-state index in [1.54, 1.807) is 11.6 Å². The maximum absolute atomic E-state index is 15.4. The highest BCUT2D eigenvalue weighted by atomic mass is 35.5. The van der Waals surface area contributed by atoms with Gasteiger partial charge in [-0.2, -0.15) is 0 Å². The van der Waals surface area contributed by atoms with Gasteiger partial charge in [0, 0.05) is 17.0 Å². The first-order valence-electron chi connectivity index (χ1n) is 17.4. The van der Waals surface area contributed by atoms with Crippen LogP contribution in [0.3, 0.4) is 0 Å². The number of hydrogen-bond donors (Lipinski definition) is 2. The second-order valence-corrected chi connectivity index (χ2v) is 17.1. The van der Waals surface area contributed by atoms with Crippen LogP contribution in [0.25, 0.3) is 0 Å². The number of nitrogens with zero attached hydrogens (tertiary/aromatic N) is 1. The lowest BCUT2D eigenvalue weighted by Crippen LogP contribution is -2.38. The minimum Gasteiger partial charge on any atom is -0.488 e. The van der Waals surface area contributed by atoms with Crippen LogP contribution in [0.1, 0.15) is 96.1 Å². The highest BCUT2D eigenvalue weighted by molar-refractivity contribution is 7.93. The molecule has 0 aromatic heterocycles. The number of carbonyl (C=O) groups excluding carboxylic acids is 1. The molecule has 2 fully saturated rings. The molecule has 6 rings (SSSR count). The van der Waals surface area contributed by atoms with Crippen molar-refractivity contribution >= 4 is 44.9 Å². The van der Waals surface area contributed by atoms with E-state index in [9.17, 15) is 23.1 Å². The molecular weight excluding hydrogens is 748 g/mol. The Morgan fingerprint density at radius 3 is 2.20 bits per heavy atom. The summed E-state index contributed by atoms with van der Waals surface area (Å²) in [5.74, 6) is -11.0. The molecule has 0 radical (unpaired) electrons. The molecule has 0 aliphatic heterocycles. The molecule has 0 unspecified atom stereocenters. The Morgan fingerprint density at radius 2 is 1.61 bits per heavy atom. The van der Waals surface area contributed by atoms with Gasteiger partial charge < -0.3 is 14.7 Å². The van der Waals surface area contributed by atoms with Gasteiger partial charge in [-0.3, -0.25) is 9.52 Å². The number of sulfonamides is 1. The van der Waals surface area contributed by atoms with Gasteiger partial charge in [-0.25, -0.2) is 30.8 Å². The summed E-state index contributed by atoms with van der Waals surface area (Å²) in [6.07, 6.45) is 2.52. The summed E-state index contributed by atoms with van der Waals surface area (Å²) < 4.78 is 96.0. The highest BCUT2D eigenvalue weighted by Crippen LogP contribution is 2.43. The van der Waals surface area contributed by atoms with Crippen molar-refractivity contribution in [1.29, 1.82) is 0 Å². The Kier molecular flexibility index (Phi) is 10.8. The number of carboxylic acids is 1.